The van der Waals surface area contributed by atoms with Crippen molar-refractivity contribution in [2.75, 3.05) is 9.44 Å². The van der Waals surface area contributed by atoms with Gasteiger partial charge in [0.1, 0.15) is 18.5 Å². The maximum Gasteiger partial charge on any atom is 0.417 e. The number of nitrogens with one attached hydrogen (secondary N) is 2. The molecule has 6 aromatic rings. The van der Waals surface area contributed by atoms with Crippen molar-refractivity contribution in [2.24, 2.45) is 0 Å². The van der Waals surface area contributed by atoms with Crippen LogP contribution in [0.3, 0.4) is 0 Å². The van der Waals surface area contributed by atoms with Gasteiger partial charge in [-0.25, -0.2) is 24.3 Å². The van der Waals surface area contributed by atoms with Crippen LogP contribution in [0.1, 0.15) is 5.56 Å². The van der Waals surface area contributed by atoms with Crippen LogP contribution in [-0.4, -0.2) is 45.9 Å². The Morgan fingerprint density at radius 3 is 2.08 bits per heavy atom. The Hall–Kier alpha value is -5.11. The van der Waals surface area contributed by atoms with Gasteiger partial charge in [-0.3, -0.25) is 18.6 Å². The highest BCUT2D eigenvalue weighted by Crippen LogP contribution is 2.33. The van der Waals surface area contributed by atoms with E-state index < -0.39 is 47.7 Å². The molecule has 2 aromatic carbocycles. The molecule has 13 nitrogen and oxygen atoms in total. The lowest BCUT2D eigenvalue weighted by atomic mass is 10.3. The fraction of sp³-hybridized carbons (Fsp3) is 0.0357. The van der Waals surface area contributed by atoms with Gasteiger partial charge in [-0.1, -0.05) is 29.3 Å². The third kappa shape index (κ3) is 7.05. The van der Waals surface area contributed by atoms with Gasteiger partial charge in [0.15, 0.2) is 22.1 Å². The second-order valence-electron chi connectivity index (χ2n) is 9.94. The van der Waals surface area contributed by atoms with E-state index in [0.717, 1.165) is 35.4 Å². The topological polar surface area (TPSA) is 158 Å². The number of pyridine rings is 1. The minimum atomic E-state index is -4.71. The van der Waals surface area contributed by atoms with E-state index in [1.54, 1.807) is 6.07 Å². The molecular weight excluding hydrogens is 737 g/mol. The third-order valence-corrected chi connectivity index (χ3v) is 9.92. The Morgan fingerprint density at radius 2 is 1.43 bits per heavy atom. The fourth-order valence-corrected chi connectivity index (χ4v) is 7.14. The molecule has 0 saturated carbocycles. The third-order valence-electron chi connectivity index (χ3n) is 6.64. The van der Waals surface area contributed by atoms with Crippen molar-refractivity contribution < 1.29 is 39.0 Å². The van der Waals surface area contributed by atoms with E-state index >= 15 is 0 Å². The number of hydrogen-bond donors (Lipinski definition) is 2. The van der Waals surface area contributed by atoms with Crippen molar-refractivity contribution in [3.05, 3.63) is 120 Å². The van der Waals surface area contributed by atoms with Crippen LogP contribution in [-0.2, 0) is 26.2 Å². The van der Waals surface area contributed by atoms with Gasteiger partial charge >= 0.3 is 6.18 Å². The Bertz CT molecular complexity index is 2440. The van der Waals surface area contributed by atoms with Crippen molar-refractivity contribution in [3.63, 3.8) is 0 Å². The average Bonchev–Trinajstić information content (AvgIpc) is 3.74. The molecule has 6 rings (SSSR count). The zero-order valence-corrected chi connectivity index (χ0v) is 27.2. The second-order valence-corrected chi connectivity index (χ2v) is 14.0. The number of sulfonamides is 2. The normalized spacial score (nSPS) is 12.2. The molecule has 0 radical (unpaired) electrons. The van der Waals surface area contributed by atoms with Crippen LogP contribution in [0.5, 0.6) is 0 Å². The number of benzene rings is 2. The van der Waals surface area contributed by atoms with Gasteiger partial charge in [0.2, 0.25) is 17.7 Å². The lowest BCUT2D eigenvalue weighted by Gasteiger charge is -2.13. The summed E-state index contributed by atoms with van der Waals surface area (Å²) in [4.78, 5) is 15.7. The molecule has 0 bridgehead atoms. The lowest BCUT2D eigenvalue weighted by Crippen LogP contribution is -2.31. The standard InChI is InChI=1S/C28H18Cl2F4N9O4S2/c29-21-10-19(4-5-23(21)31)40-48(44,45)25-12-35-15-42(25)24-14-41(7-6-37-24)20-3-1-2-18(9-20)39-49(46,47)26-13-36-16-43(26)27-22(30)8-17(11-38-27)28(32,33)34/h1-16,39-40H/q+1. The molecule has 2 N–H and O–H groups in total. The summed E-state index contributed by atoms with van der Waals surface area (Å²) < 4.78 is 114. The van der Waals surface area contributed by atoms with Crippen LogP contribution in [0.4, 0.5) is 28.9 Å². The van der Waals surface area contributed by atoms with Crippen LogP contribution in [0.15, 0.2) is 108 Å². The van der Waals surface area contributed by atoms with E-state index in [1.165, 1.54) is 58.3 Å². The highest BCUT2D eigenvalue weighted by Gasteiger charge is 2.32. The van der Waals surface area contributed by atoms with Crippen molar-refractivity contribution in [3.8, 4) is 17.3 Å². The Balaban J connectivity index is 1.27. The lowest BCUT2D eigenvalue weighted by molar-refractivity contribution is -0.596. The predicted molar refractivity (Wildman–Crippen MR) is 167 cm³/mol. The summed E-state index contributed by atoms with van der Waals surface area (Å²) in [5, 5.41) is -1.51. The summed E-state index contributed by atoms with van der Waals surface area (Å²) in [5.74, 6) is -0.913. The van der Waals surface area contributed by atoms with E-state index in [0.29, 0.717) is 18.0 Å². The summed E-state index contributed by atoms with van der Waals surface area (Å²) in [5.41, 5.74) is -0.615. The largest absolute Gasteiger partial charge is 0.417 e. The molecule has 0 aliphatic rings. The molecular formula is C28H18Cl2F4N9O4S2+. The molecule has 0 unspecified atom stereocenters. The molecule has 0 aliphatic carbocycles. The number of rotatable bonds is 9. The first-order chi connectivity index (χ1) is 23.1. The van der Waals surface area contributed by atoms with E-state index in [4.69, 9.17) is 23.2 Å². The van der Waals surface area contributed by atoms with Crippen LogP contribution in [0, 0.1) is 5.82 Å². The zero-order valence-electron chi connectivity index (χ0n) is 24.1. The van der Waals surface area contributed by atoms with Gasteiger partial charge in [-0.05, 0) is 30.3 Å². The van der Waals surface area contributed by atoms with E-state index in [2.05, 4.69) is 29.4 Å². The van der Waals surface area contributed by atoms with Gasteiger partial charge in [0.05, 0.1) is 45.6 Å². The molecule has 0 fully saturated rings. The monoisotopic (exact) mass is 754 g/mol. The van der Waals surface area contributed by atoms with Crippen LogP contribution >= 0.6 is 23.2 Å². The summed E-state index contributed by atoms with van der Waals surface area (Å²) >= 11 is 11.8. The van der Waals surface area contributed by atoms with Crippen molar-refractivity contribution in [2.45, 2.75) is 16.2 Å². The van der Waals surface area contributed by atoms with Crippen LogP contribution in [0.2, 0.25) is 10.0 Å². The summed E-state index contributed by atoms with van der Waals surface area (Å²) in [6.07, 6.45) is 4.46. The first-order valence-electron chi connectivity index (χ1n) is 13.4. The van der Waals surface area contributed by atoms with Crippen LogP contribution in [0.25, 0.3) is 17.3 Å². The van der Waals surface area contributed by atoms with Crippen LogP contribution < -0.4 is 14.0 Å². The molecule has 0 saturated heterocycles. The zero-order chi connectivity index (χ0) is 35.1. The number of anilines is 2. The van der Waals surface area contributed by atoms with E-state index in [1.807, 2.05) is 0 Å². The predicted octanol–water partition coefficient (Wildman–Crippen LogP) is 5.19. The maximum atomic E-state index is 13.6. The molecule has 4 heterocycles. The Kier molecular flexibility index (Phi) is 8.78. The molecule has 0 aliphatic heterocycles. The number of imidazole rings is 2. The Morgan fingerprint density at radius 1 is 0.776 bits per heavy atom. The molecule has 49 heavy (non-hydrogen) atoms. The molecule has 21 heteroatoms. The quantitative estimate of drug-likeness (QED) is 0.151. The molecule has 4 aromatic heterocycles. The van der Waals surface area contributed by atoms with E-state index in [9.17, 15) is 34.4 Å². The molecule has 0 spiro atoms. The second kappa shape index (κ2) is 12.7. The number of hydrogen-bond acceptors (Lipinski definition) is 8. The van der Waals surface area contributed by atoms with Gasteiger partial charge in [0.25, 0.3) is 20.0 Å². The van der Waals surface area contributed by atoms with E-state index in [-0.39, 0.29) is 33.1 Å². The maximum absolute atomic E-state index is 13.6. The summed E-state index contributed by atoms with van der Waals surface area (Å²) in [7, 11) is -8.67. The summed E-state index contributed by atoms with van der Waals surface area (Å²) in [6.45, 7) is 0. The minimum absolute atomic E-state index is 0.0104. The molecule has 0 amide bonds. The minimum Gasteiger partial charge on any atom is -0.278 e. The number of nitrogens with zero attached hydrogens (tertiary/aromatic N) is 7. The summed E-state index contributed by atoms with van der Waals surface area (Å²) in [6, 6.07) is 10.0. The van der Waals surface area contributed by atoms with Crippen molar-refractivity contribution in [1.29, 1.82) is 0 Å². The highest BCUT2D eigenvalue weighted by atomic mass is 35.5. The fourth-order valence-electron chi connectivity index (χ4n) is 4.43. The number of halogens is 6. The SMILES string of the molecule is O=S(=O)(Nc1ccc(F)c(Cl)c1)c1cncn1-c1c[n+](-c2cccc(NS(=O)(=O)c3cncn3-c3ncc(C(F)(F)F)cc3Cl)c2)ccn1. The van der Waals surface area contributed by atoms with Crippen molar-refractivity contribution >= 4 is 54.6 Å². The van der Waals surface area contributed by atoms with Crippen molar-refractivity contribution in [1.82, 2.24) is 29.1 Å². The highest BCUT2D eigenvalue weighted by molar-refractivity contribution is 7.93. The smallest absolute Gasteiger partial charge is 0.278 e. The van der Waals surface area contributed by atoms with Gasteiger partial charge in [-0.15, -0.1) is 0 Å². The van der Waals surface area contributed by atoms with Gasteiger partial charge < -0.3 is 0 Å². The molecule has 252 valence electrons. The molecule has 0 atom stereocenters. The Labute approximate surface area is 284 Å². The first kappa shape index (κ1) is 33.8. The van der Waals surface area contributed by atoms with Gasteiger partial charge in [0, 0.05) is 18.3 Å². The number of aromatic nitrogens is 7. The average molecular weight is 756 g/mol. The number of alkyl halides is 3. The van der Waals surface area contributed by atoms with Gasteiger partial charge in [-0.2, -0.15) is 34.6 Å². The first-order valence-corrected chi connectivity index (χ1v) is 17.1.